The summed E-state index contributed by atoms with van der Waals surface area (Å²) >= 11 is 0. The Labute approximate surface area is 90.3 Å². The highest BCUT2D eigenvalue weighted by molar-refractivity contribution is 6.02. The van der Waals surface area contributed by atoms with Gasteiger partial charge in [0, 0.05) is 5.56 Å². The zero-order valence-corrected chi connectivity index (χ0v) is 9.65. The van der Waals surface area contributed by atoms with Gasteiger partial charge in [-0.1, -0.05) is 30.3 Å². The third-order valence-electron chi connectivity index (χ3n) is 2.71. The van der Waals surface area contributed by atoms with Crippen molar-refractivity contribution in [1.82, 2.24) is 4.90 Å². The quantitative estimate of drug-likeness (QED) is 0.715. The van der Waals surface area contributed by atoms with Crippen molar-refractivity contribution >= 4 is 5.78 Å². The van der Waals surface area contributed by atoms with Crippen molar-refractivity contribution in [1.29, 1.82) is 0 Å². The van der Waals surface area contributed by atoms with E-state index in [2.05, 4.69) is 0 Å². The summed E-state index contributed by atoms with van der Waals surface area (Å²) < 4.78 is 0. The highest BCUT2D eigenvalue weighted by atomic mass is 19.0. The SMILES string of the molecule is CN(C)C(C)(C)C(=O)c1ccccc1.F. The molecule has 0 heterocycles. The number of halogens is 1. The van der Waals surface area contributed by atoms with Crippen molar-refractivity contribution in [3.63, 3.8) is 0 Å². The van der Waals surface area contributed by atoms with Crippen LogP contribution < -0.4 is 0 Å². The van der Waals surface area contributed by atoms with Gasteiger partial charge in [-0.15, -0.1) is 0 Å². The molecule has 1 aromatic carbocycles. The number of Topliss-reactive ketones (excluding diaryl/α,β-unsaturated/α-hetero) is 1. The zero-order chi connectivity index (χ0) is 10.8. The van der Waals surface area contributed by atoms with Crippen LogP contribution in [0.25, 0.3) is 0 Å². The normalized spacial score (nSPS) is 11.0. The van der Waals surface area contributed by atoms with Crippen LogP contribution in [0.4, 0.5) is 4.70 Å². The molecule has 0 atom stereocenters. The van der Waals surface area contributed by atoms with E-state index < -0.39 is 5.54 Å². The summed E-state index contributed by atoms with van der Waals surface area (Å²) in [6.07, 6.45) is 0. The molecule has 15 heavy (non-hydrogen) atoms. The van der Waals surface area contributed by atoms with E-state index >= 15 is 0 Å². The Kier molecular flexibility index (Phi) is 4.62. The molecule has 0 aromatic heterocycles. The standard InChI is InChI=1S/C12H17NO.FH/c1-12(2,13(3)4)11(14)10-8-6-5-7-9-10;/h5-9H,1-4H3;1H. The van der Waals surface area contributed by atoms with Gasteiger partial charge in [0.05, 0.1) is 5.54 Å². The van der Waals surface area contributed by atoms with Crippen LogP contribution in [0.1, 0.15) is 24.2 Å². The maximum Gasteiger partial charge on any atom is 0.182 e. The Morgan fingerprint density at radius 2 is 1.60 bits per heavy atom. The molecular weight excluding hydrogens is 193 g/mol. The van der Waals surface area contributed by atoms with Crippen LogP contribution in [-0.2, 0) is 0 Å². The number of rotatable bonds is 3. The molecule has 2 nitrogen and oxygen atoms in total. The average molecular weight is 211 g/mol. The molecule has 0 unspecified atom stereocenters. The van der Waals surface area contributed by atoms with Crippen LogP contribution in [0, 0.1) is 0 Å². The summed E-state index contributed by atoms with van der Waals surface area (Å²) in [7, 11) is 3.84. The second-order valence-electron chi connectivity index (χ2n) is 4.15. The minimum atomic E-state index is -0.443. The number of carbonyl (C=O) groups is 1. The van der Waals surface area contributed by atoms with E-state index in [1.165, 1.54) is 0 Å². The van der Waals surface area contributed by atoms with E-state index in [1.807, 2.05) is 63.2 Å². The minimum Gasteiger partial charge on any atom is -0.297 e. The van der Waals surface area contributed by atoms with Crippen LogP contribution >= 0.6 is 0 Å². The fourth-order valence-corrected chi connectivity index (χ4v) is 1.15. The first-order valence-electron chi connectivity index (χ1n) is 4.73. The van der Waals surface area contributed by atoms with Crippen molar-refractivity contribution in [2.75, 3.05) is 14.1 Å². The van der Waals surface area contributed by atoms with Crippen molar-refractivity contribution in [2.24, 2.45) is 0 Å². The number of likely N-dealkylation sites (N-methyl/N-ethyl adjacent to an activating group) is 1. The molecule has 0 amide bonds. The highest BCUT2D eigenvalue weighted by Crippen LogP contribution is 2.17. The van der Waals surface area contributed by atoms with Gasteiger partial charge in [0.15, 0.2) is 5.78 Å². The summed E-state index contributed by atoms with van der Waals surface area (Å²) in [5, 5.41) is 0. The van der Waals surface area contributed by atoms with Gasteiger partial charge in [0.2, 0.25) is 0 Å². The van der Waals surface area contributed by atoms with Crippen LogP contribution in [0.3, 0.4) is 0 Å². The Balaban J connectivity index is 0.00000196. The lowest BCUT2D eigenvalue weighted by molar-refractivity contribution is 0.0755. The lowest BCUT2D eigenvalue weighted by Crippen LogP contribution is -2.45. The van der Waals surface area contributed by atoms with Crippen molar-refractivity contribution < 1.29 is 9.50 Å². The molecular formula is C12H18FNO. The van der Waals surface area contributed by atoms with Crippen LogP contribution in [0.15, 0.2) is 30.3 Å². The lowest BCUT2D eigenvalue weighted by atomic mass is 9.92. The maximum absolute atomic E-state index is 12.1. The summed E-state index contributed by atoms with van der Waals surface area (Å²) in [6, 6.07) is 9.40. The first-order valence-corrected chi connectivity index (χ1v) is 4.73. The van der Waals surface area contributed by atoms with Crippen LogP contribution in [0.5, 0.6) is 0 Å². The molecule has 0 aliphatic heterocycles. The van der Waals surface area contributed by atoms with Crippen molar-refractivity contribution in [2.45, 2.75) is 19.4 Å². The summed E-state index contributed by atoms with van der Waals surface area (Å²) in [4.78, 5) is 14.0. The summed E-state index contributed by atoms with van der Waals surface area (Å²) in [5.41, 5.74) is 0.327. The van der Waals surface area contributed by atoms with Crippen molar-refractivity contribution in [3.8, 4) is 0 Å². The lowest BCUT2D eigenvalue weighted by Gasteiger charge is -2.30. The fraction of sp³-hybridized carbons (Fsp3) is 0.417. The Morgan fingerprint density at radius 1 is 1.13 bits per heavy atom. The van der Waals surface area contributed by atoms with Gasteiger partial charge in [0.1, 0.15) is 0 Å². The average Bonchev–Trinajstić information content (AvgIpc) is 2.17. The first kappa shape index (κ1) is 13.8. The number of nitrogens with zero attached hydrogens (tertiary/aromatic N) is 1. The first-order chi connectivity index (χ1) is 6.46. The predicted molar refractivity (Wildman–Crippen MR) is 61.0 cm³/mol. The molecule has 0 aliphatic rings. The number of ketones is 1. The second kappa shape index (κ2) is 5.03. The Hall–Kier alpha value is -1.22. The van der Waals surface area contributed by atoms with E-state index in [1.54, 1.807) is 0 Å². The summed E-state index contributed by atoms with van der Waals surface area (Å²) in [5.74, 6) is 0.156. The summed E-state index contributed by atoms with van der Waals surface area (Å²) in [6.45, 7) is 3.87. The third kappa shape index (κ3) is 2.86. The molecule has 0 spiro atoms. The van der Waals surface area contributed by atoms with Gasteiger partial charge in [0.25, 0.3) is 0 Å². The van der Waals surface area contributed by atoms with Crippen LogP contribution in [0.2, 0.25) is 0 Å². The van der Waals surface area contributed by atoms with E-state index in [-0.39, 0.29) is 10.5 Å². The fourth-order valence-electron chi connectivity index (χ4n) is 1.15. The molecule has 0 N–H and O–H groups in total. The van der Waals surface area contributed by atoms with Crippen LogP contribution in [-0.4, -0.2) is 30.3 Å². The monoisotopic (exact) mass is 211 g/mol. The Bertz CT molecular complexity index is 320. The predicted octanol–water partition coefficient (Wildman–Crippen LogP) is 2.36. The molecule has 1 rings (SSSR count). The molecule has 0 aliphatic carbocycles. The topological polar surface area (TPSA) is 20.3 Å². The maximum atomic E-state index is 12.1. The Morgan fingerprint density at radius 3 is 2.00 bits per heavy atom. The van der Waals surface area contributed by atoms with E-state index in [0.29, 0.717) is 0 Å². The number of hydrogen-bond donors (Lipinski definition) is 0. The number of hydrogen-bond acceptors (Lipinski definition) is 2. The van der Waals surface area contributed by atoms with E-state index in [0.717, 1.165) is 5.56 Å². The largest absolute Gasteiger partial charge is 0.297 e. The highest BCUT2D eigenvalue weighted by Gasteiger charge is 2.30. The van der Waals surface area contributed by atoms with Gasteiger partial charge in [-0.05, 0) is 27.9 Å². The molecule has 0 saturated carbocycles. The van der Waals surface area contributed by atoms with Gasteiger partial charge < -0.3 is 0 Å². The smallest absolute Gasteiger partial charge is 0.182 e. The van der Waals surface area contributed by atoms with Gasteiger partial charge >= 0.3 is 0 Å². The zero-order valence-electron chi connectivity index (χ0n) is 9.65. The van der Waals surface area contributed by atoms with E-state index in [9.17, 15) is 4.79 Å². The second-order valence-corrected chi connectivity index (χ2v) is 4.15. The molecule has 0 saturated heterocycles. The molecule has 0 fully saturated rings. The van der Waals surface area contributed by atoms with Gasteiger partial charge in [-0.25, -0.2) is 0 Å². The molecule has 3 heteroatoms. The minimum absolute atomic E-state index is 0. The van der Waals surface area contributed by atoms with Gasteiger partial charge in [-0.2, -0.15) is 0 Å². The number of carbonyl (C=O) groups excluding carboxylic acids is 1. The molecule has 1 aromatic rings. The van der Waals surface area contributed by atoms with Crippen molar-refractivity contribution in [3.05, 3.63) is 35.9 Å². The molecule has 0 bridgehead atoms. The molecule has 0 radical (unpaired) electrons. The van der Waals surface area contributed by atoms with E-state index in [4.69, 9.17) is 0 Å². The van der Waals surface area contributed by atoms with Gasteiger partial charge in [-0.3, -0.25) is 14.4 Å². The number of benzene rings is 1. The third-order valence-corrected chi connectivity index (χ3v) is 2.71. The molecule has 84 valence electrons.